The highest BCUT2D eigenvalue weighted by Gasteiger charge is 2.22. The Morgan fingerprint density at radius 2 is 1.20 bits per heavy atom. The second-order valence-corrected chi connectivity index (χ2v) is 19.3. The van der Waals surface area contributed by atoms with Gasteiger partial charge in [0, 0.05) is 42.5 Å². The summed E-state index contributed by atoms with van der Waals surface area (Å²) < 4.78 is 81.6. The van der Waals surface area contributed by atoms with Crippen molar-refractivity contribution >= 4 is 50.1 Å². The first-order valence-electron chi connectivity index (χ1n) is 25.5. The van der Waals surface area contributed by atoms with E-state index >= 15 is 0 Å². The number of esters is 1. The van der Waals surface area contributed by atoms with E-state index in [0.29, 0.717) is 61.6 Å². The Balaban J connectivity index is 0.000000211. The van der Waals surface area contributed by atoms with Crippen LogP contribution in [-0.2, 0) is 14.3 Å². The van der Waals surface area contributed by atoms with Gasteiger partial charge in [0.1, 0.15) is 47.0 Å². The SMILES string of the molecule is CCC(=C(c1ccc(OCCCC(=O)OC(C)(C)C)cc1)c1ccc2c(cnn2C2CCCCO2)c1)c1cc(F)cc(F)c1.CCC(=C(c1ccc(OCCN)cc1)c1ccc2[nH]ncc2c1)c1cc(F)cc(F)c1. The lowest BCUT2D eigenvalue weighted by atomic mass is 9.87. The van der Waals surface area contributed by atoms with Crippen LogP contribution in [0.25, 0.3) is 44.1 Å². The smallest absolute Gasteiger partial charge is 0.306 e. The lowest BCUT2D eigenvalue weighted by molar-refractivity contribution is -0.155. The van der Waals surface area contributed by atoms with Crippen molar-refractivity contribution in [2.24, 2.45) is 5.73 Å². The number of hydrogen-bond donors (Lipinski definition) is 2. The van der Waals surface area contributed by atoms with Crippen molar-refractivity contribution in [3.63, 3.8) is 0 Å². The molecule has 0 bridgehead atoms. The van der Waals surface area contributed by atoms with Gasteiger partial charge in [-0.2, -0.15) is 10.2 Å². The van der Waals surface area contributed by atoms with Crippen LogP contribution in [-0.4, -0.2) is 57.9 Å². The van der Waals surface area contributed by atoms with E-state index < -0.39 is 28.9 Å². The largest absolute Gasteiger partial charge is 0.494 e. The highest BCUT2D eigenvalue weighted by molar-refractivity contribution is 6.01. The van der Waals surface area contributed by atoms with Crippen LogP contribution in [0, 0.1) is 23.3 Å². The first kappa shape index (κ1) is 53.7. The second-order valence-electron chi connectivity index (χ2n) is 19.3. The van der Waals surface area contributed by atoms with E-state index in [1.54, 1.807) is 6.20 Å². The predicted octanol–water partition coefficient (Wildman–Crippen LogP) is 14.4. The molecule has 14 heteroatoms. The molecule has 9 rings (SSSR count). The molecule has 0 aliphatic carbocycles. The summed E-state index contributed by atoms with van der Waals surface area (Å²) in [7, 11) is 0. The van der Waals surface area contributed by atoms with Gasteiger partial charge in [-0.1, -0.05) is 50.2 Å². The van der Waals surface area contributed by atoms with Gasteiger partial charge in [0.15, 0.2) is 6.23 Å². The van der Waals surface area contributed by atoms with E-state index in [0.717, 1.165) is 104 Å². The number of carbonyl (C=O) groups excluding carboxylic acids is 1. The van der Waals surface area contributed by atoms with Crippen LogP contribution in [0.5, 0.6) is 11.5 Å². The van der Waals surface area contributed by atoms with Crippen molar-refractivity contribution < 1.29 is 41.3 Å². The van der Waals surface area contributed by atoms with Gasteiger partial charge in [0.25, 0.3) is 0 Å². The van der Waals surface area contributed by atoms with Crippen LogP contribution >= 0.6 is 0 Å². The molecule has 3 heterocycles. The Bertz CT molecular complexity index is 3260. The van der Waals surface area contributed by atoms with Crippen molar-refractivity contribution in [3.8, 4) is 11.5 Å². The molecule has 1 aliphatic rings. The molecule has 2 aromatic heterocycles. The zero-order chi connectivity index (χ0) is 53.1. The molecule has 1 aliphatic heterocycles. The number of H-pyrrole nitrogens is 1. The van der Waals surface area contributed by atoms with Gasteiger partial charge in [-0.25, -0.2) is 22.2 Å². The number of halogens is 4. The Hall–Kier alpha value is -7.55. The molecule has 0 amide bonds. The van der Waals surface area contributed by atoms with E-state index in [9.17, 15) is 22.4 Å². The second kappa shape index (κ2) is 24.7. The molecule has 1 atom stereocenters. The van der Waals surface area contributed by atoms with Gasteiger partial charge in [-0.05, 0) is 188 Å². The van der Waals surface area contributed by atoms with Crippen molar-refractivity contribution in [1.82, 2.24) is 20.0 Å². The van der Waals surface area contributed by atoms with E-state index in [2.05, 4.69) is 21.4 Å². The fourth-order valence-electron chi connectivity index (χ4n) is 9.40. The van der Waals surface area contributed by atoms with Gasteiger partial charge < -0.3 is 24.7 Å². The van der Waals surface area contributed by atoms with Crippen LogP contribution < -0.4 is 15.2 Å². The molecule has 75 heavy (non-hydrogen) atoms. The molecule has 0 radical (unpaired) electrons. The number of nitrogens with one attached hydrogen (secondary N) is 1. The Kier molecular flexibility index (Phi) is 17.7. The van der Waals surface area contributed by atoms with Gasteiger partial charge in [0.2, 0.25) is 0 Å². The average Bonchev–Trinajstić information content (AvgIpc) is 4.05. The Morgan fingerprint density at radius 3 is 1.72 bits per heavy atom. The van der Waals surface area contributed by atoms with Crippen LogP contribution in [0.1, 0.15) is 119 Å². The number of fused-ring (bicyclic) bond motifs is 2. The topological polar surface area (TPSA) is 127 Å². The lowest BCUT2D eigenvalue weighted by Gasteiger charge is -2.23. The average molecular weight is 1020 g/mol. The first-order chi connectivity index (χ1) is 36.2. The summed E-state index contributed by atoms with van der Waals surface area (Å²) in [5.41, 5.74) is 15.0. The molecule has 0 saturated carbocycles. The lowest BCUT2D eigenvalue weighted by Crippen LogP contribution is -2.23. The minimum Gasteiger partial charge on any atom is -0.494 e. The molecule has 8 aromatic rings. The number of hydrogen-bond acceptors (Lipinski definition) is 8. The molecule has 1 saturated heterocycles. The minimum absolute atomic E-state index is 0.0831. The number of ether oxygens (including phenoxy) is 4. The molecule has 1 unspecified atom stereocenters. The summed E-state index contributed by atoms with van der Waals surface area (Å²) >= 11 is 0. The van der Waals surface area contributed by atoms with Gasteiger partial charge >= 0.3 is 5.97 Å². The summed E-state index contributed by atoms with van der Waals surface area (Å²) in [6, 6.07) is 34.7. The molecular weight excluding hydrogens is 959 g/mol. The van der Waals surface area contributed by atoms with Crippen molar-refractivity contribution in [2.45, 2.75) is 91.4 Å². The molecular formula is C61H63F4N5O5. The fraction of sp³-hybridized carbons (Fsp3) is 0.295. The number of aromatic nitrogens is 4. The molecule has 1 fully saturated rings. The predicted molar refractivity (Wildman–Crippen MR) is 288 cm³/mol. The monoisotopic (exact) mass is 1020 g/mol. The molecule has 3 N–H and O–H groups in total. The normalized spacial score (nSPS) is 14.5. The fourth-order valence-corrected chi connectivity index (χ4v) is 9.40. The van der Waals surface area contributed by atoms with E-state index in [-0.39, 0.29) is 18.6 Å². The van der Waals surface area contributed by atoms with Gasteiger partial charge in [0.05, 0.1) is 30.0 Å². The Labute approximate surface area is 435 Å². The minimum atomic E-state index is -0.621. The number of benzene rings is 6. The van der Waals surface area contributed by atoms with E-state index in [1.807, 2.05) is 124 Å². The zero-order valence-corrected chi connectivity index (χ0v) is 43.0. The number of nitrogens with two attached hydrogens (primary N) is 1. The molecule has 6 aromatic carbocycles. The third kappa shape index (κ3) is 13.8. The van der Waals surface area contributed by atoms with Crippen LogP contribution in [0.15, 0.2) is 134 Å². The van der Waals surface area contributed by atoms with Crippen LogP contribution in [0.4, 0.5) is 17.6 Å². The van der Waals surface area contributed by atoms with Crippen molar-refractivity contribution in [2.75, 3.05) is 26.4 Å². The quantitative estimate of drug-likeness (QED) is 0.0400. The van der Waals surface area contributed by atoms with Crippen molar-refractivity contribution in [3.05, 3.63) is 190 Å². The summed E-state index contributed by atoms with van der Waals surface area (Å²) in [5.74, 6) is -1.31. The number of carbonyl (C=O) groups is 1. The number of allylic oxidation sites excluding steroid dienone is 2. The maximum absolute atomic E-state index is 14.4. The summed E-state index contributed by atoms with van der Waals surface area (Å²) in [6.45, 7) is 11.5. The number of nitrogens with zero attached hydrogens (tertiary/aromatic N) is 3. The van der Waals surface area contributed by atoms with Crippen LogP contribution in [0.2, 0.25) is 0 Å². The summed E-state index contributed by atoms with van der Waals surface area (Å²) in [4.78, 5) is 12.0. The highest BCUT2D eigenvalue weighted by Crippen LogP contribution is 2.39. The van der Waals surface area contributed by atoms with Gasteiger partial charge in [-0.15, -0.1) is 0 Å². The van der Waals surface area contributed by atoms with Gasteiger partial charge in [-0.3, -0.25) is 9.89 Å². The highest BCUT2D eigenvalue weighted by atomic mass is 19.1. The van der Waals surface area contributed by atoms with E-state index in [1.165, 1.54) is 24.3 Å². The Morgan fingerprint density at radius 1 is 0.667 bits per heavy atom. The zero-order valence-electron chi connectivity index (χ0n) is 43.0. The third-order valence-corrected chi connectivity index (χ3v) is 12.7. The van der Waals surface area contributed by atoms with Crippen molar-refractivity contribution in [1.29, 1.82) is 0 Å². The maximum atomic E-state index is 14.4. The summed E-state index contributed by atoms with van der Waals surface area (Å²) in [5, 5.41) is 13.6. The first-order valence-corrected chi connectivity index (χ1v) is 25.5. The van der Waals surface area contributed by atoms with Crippen LogP contribution in [0.3, 0.4) is 0 Å². The maximum Gasteiger partial charge on any atom is 0.306 e. The summed E-state index contributed by atoms with van der Waals surface area (Å²) in [6.07, 6.45) is 8.55. The van der Waals surface area contributed by atoms with E-state index in [4.69, 9.17) is 24.7 Å². The molecule has 390 valence electrons. The number of aromatic amines is 1. The third-order valence-electron chi connectivity index (χ3n) is 12.7. The molecule has 0 spiro atoms. The standard InChI is InChI=1S/C36H40F2N2O4.C25H23F2N3O/c1-5-31(26-20-28(37)22-29(38)21-26)35(24-11-14-30(15-12-24)42-18-8-10-34(41)44-36(2,3)4)25-13-16-32-27(19-25)23-39-40(32)33-9-6-7-17-43-33;1-2-23(18-12-20(26)14-21(27)13-18)25(16-3-6-22(7-4-16)31-10-9-28)17-5-8-24-19(11-17)15-29-30-24/h11-16,19-23,33H,5-10,17-18H2,1-4H3;3-8,11-15H,2,9-10,28H2,1H3,(H,29,30). The molecule has 10 nitrogen and oxygen atoms in total. The number of rotatable bonds is 17.